The smallest absolute Gasteiger partial charge is 0.347 e. The first kappa shape index (κ1) is 22.2. The number of aromatic nitrogens is 2. The molecule has 0 unspecified atom stereocenters. The van der Waals surface area contributed by atoms with Crippen molar-refractivity contribution < 1.29 is 26.7 Å². The number of rotatable bonds is 5. The van der Waals surface area contributed by atoms with Gasteiger partial charge in [0.05, 0.1) is 18.1 Å². The summed E-state index contributed by atoms with van der Waals surface area (Å²) in [6.45, 7) is -0.127. The van der Waals surface area contributed by atoms with Crippen LogP contribution in [0.2, 0.25) is 0 Å². The average Bonchev–Trinajstić information content (AvgIpc) is 3.26. The third kappa shape index (κ3) is 4.92. The van der Waals surface area contributed by atoms with Gasteiger partial charge in [-0.05, 0) is 47.0 Å². The lowest BCUT2D eigenvalue weighted by Gasteiger charge is -2.14. The number of carbonyl (C=O) groups is 1. The minimum Gasteiger partial charge on any atom is -0.347 e. The summed E-state index contributed by atoms with van der Waals surface area (Å²) >= 11 is 0. The van der Waals surface area contributed by atoms with E-state index in [1.807, 2.05) is 0 Å². The summed E-state index contributed by atoms with van der Waals surface area (Å²) in [6, 6.07) is 14.4. The van der Waals surface area contributed by atoms with Crippen molar-refractivity contribution in [2.24, 2.45) is 0 Å². The molecule has 3 aromatic carbocycles. The molecule has 1 amide bonds. The first-order valence-corrected chi connectivity index (χ1v) is 9.75. The maximum Gasteiger partial charge on any atom is 0.417 e. The van der Waals surface area contributed by atoms with E-state index in [9.17, 15) is 26.7 Å². The van der Waals surface area contributed by atoms with Crippen LogP contribution in [0.3, 0.4) is 0 Å². The molecule has 0 spiro atoms. The predicted molar refractivity (Wildman–Crippen MR) is 112 cm³/mol. The normalized spacial score (nSPS) is 11.4. The monoisotopic (exact) mass is 457 g/mol. The highest BCUT2D eigenvalue weighted by molar-refractivity contribution is 5.93. The molecular formula is C24H16F5N3O. The van der Waals surface area contributed by atoms with Gasteiger partial charge in [0.25, 0.3) is 5.91 Å². The quantitative estimate of drug-likeness (QED) is 0.387. The number of carbonyl (C=O) groups excluding carboxylic acids is 1. The van der Waals surface area contributed by atoms with Gasteiger partial charge in [-0.25, -0.2) is 13.8 Å². The van der Waals surface area contributed by atoms with Gasteiger partial charge in [0, 0.05) is 18.3 Å². The molecule has 4 aromatic rings. The van der Waals surface area contributed by atoms with Crippen molar-refractivity contribution >= 4 is 5.91 Å². The molecule has 1 heterocycles. The number of nitrogens with one attached hydrogen (secondary N) is 1. The molecule has 0 aliphatic heterocycles. The molecule has 0 aliphatic carbocycles. The van der Waals surface area contributed by atoms with Crippen molar-refractivity contribution in [3.05, 3.63) is 108 Å². The summed E-state index contributed by atoms with van der Waals surface area (Å²) in [5.41, 5.74) is 0.310. The predicted octanol–water partition coefficient (Wildman–Crippen LogP) is 5.77. The molecule has 0 saturated carbocycles. The van der Waals surface area contributed by atoms with Crippen LogP contribution >= 0.6 is 0 Å². The fraction of sp³-hybridized carbons (Fsp3) is 0.0833. The molecule has 0 radical (unpaired) electrons. The van der Waals surface area contributed by atoms with Gasteiger partial charge >= 0.3 is 6.18 Å². The van der Waals surface area contributed by atoms with Crippen molar-refractivity contribution in [3.8, 4) is 16.8 Å². The standard InChI is InChI=1S/C24H16F5N3O/c25-17-8-15(9-18(26)11-17)12-31-23(33)22-13-30-14-32(22)19-5-3-4-16(10-19)20-6-1-2-7-21(20)24(27,28)29/h1-11,13-14H,12H2,(H,31,33). The largest absolute Gasteiger partial charge is 0.417 e. The number of imidazole rings is 1. The lowest BCUT2D eigenvalue weighted by atomic mass is 9.99. The number of halogens is 5. The SMILES string of the molecule is O=C(NCc1cc(F)cc(F)c1)c1cncn1-c1cccc(-c2ccccc2C(F)(F)F)c1. The van der Waals surface area contributed by atoms with Gasteiger partial charge in [0.15, 0.2) is 0 Å². The Morgan fingerprint density at radius 1 is 0.939 bits per heavy atom. The zero-order chi connectivity index (χ0) is 23.6. The van der Waals surface area contributed by atoms with Crippen molar-refractivity contribution in [1.82, 2.24) is 14.9 Å². The Kier molecular flexibility index (Phi) is 5.95. The Labute approximate surface area is 185 Å². The third-order valence-corrected chi connectivity index (χ3v) is 4.91. The average molecular weight is 457 g/mol. The Bertz CT molecular complexity index is 1290. The molecule has 4 rings (SSSR count). The Hall–Kier alpha value is -4.01. The lowest BCUT2D eigenvalue weighted by Crippen LogP contribution is -2.25. The van der Waals surface area contributed by atoms with Crippen molar-refractivity contribution in [2.75, 3.05) is 0 Å². The number of hydrogen-bond donors (Lipinski definition) is 1. The van der Waals surface area contributed by atoms with Crippen LogP contribution in [0.4, 0.5) is 22.0 Å². The van der Waals surface area contributed by atoms with E-state index in [4.69, 9.17) is 0 Å². The van der Waals surface area contributed by atoms with Crippen LogP contribution in [-0.4, -0.2) is 15.5 Å². The number of alkyl halides is 3. The number of benzene rings is 3. The van der Waals surface area contributed by atoms with Gasteiger partial charge < -0.3 is 5.32 Å². The fourth-order valence-electron chi connectivity index (χ4n) is 3.46. The Balaban J connectivity index is 1.61. The second kappa shape index (κ2) is 8.85. The summed E-state index contributed by atoms with van der Waals surface area (Å²) in [5.74, 6) is -2.10. The Morgan fingerprint density at radius 3 is 2.39 bits per heavy atom. The van der Waals surface area contributed by atoms with Crippen LogP contribution in [0.5, 0.6) is 0 Å². The van der Waals surface area contributed by atoms with Gasteiger partial charge in [-0.1, -0.05) is 30.3 Å². The van der Waals surface area contributed by atoms with E-state index in [2.05, 4.69) is 10.3 Å². The van der Waals surface area contributed by atoms with Crippen LogP contribution in [0.1, 0.15) is 21.6 Å². The molecule has 1 N–H and O–H groups in total. The van der Waals surface area contributed by atoms with E-state index in [0.29, 0.717) is 11.3 Å². The van der Waals surface area contributed by atoms with E-state index >= 15 is 0 Å². The van der Waals surface area contributed by atoms with Crippen molar-refractivity contribution in [2.45, 2.75) is 12.7 Å². The lowest BCUT2D eigenvalue weighted by molar-refractivity contribution is -0.137. The molecule has 0 fully saturated rings. The molecule has 1 aromatic heterocycles. The molecule has 4 nitrogen and oxygen atoms in total. The summed E-state index contributed by atoms with van der Waals surface area (Å²) in [6.07, 6.45) is -1.88. The van der Waals surface area contributed by atoms with E-state index in [1.54, 1.807) is 18.2 Å². The zero-order valence-corrected chi connectivity index (χ0v) is 16.9. The van der Waals surface area contributed by atoms with Gasteiger partial charge in [-0.2, -0.15) is 13.2 Å². The minimum absolute atomic E-state index is 0.00565. The second-order valence-electron chi connectivity index (χ2n) is 7.20. The summed E-state index contributed by atoms with van der Waals surface area (Å²) < 4.78 is 68.4. The second-order valence-corrected chi connectivity index (χ2v) is 7.20. The molecule has 168 valence electrons. The maximum absolute atomic E-state index is 13.4. The maximum atomic E-state index is 13.4. The van der Waals surface area contributed by atoms with Crippen LogP contribution in [0.15, 0.2) is 79.3 Å². The van der Waals surface area contributed by atoms with Gasteiger partial charge in [-0.3, -0.25) is 9.36 Å². The molecule has 9 heteroatoms. The zero-order valence-electron chi connectivity index (χ0n) is 16.9. The van der Waals surface area contributed by atoms with Gasteiger partial charge in [0.1, 0.15) is 17.3 Å². The first-order valence-electron chi connectivity index (χ1n) is 9.75. The van der Waals surface area contributed by atoms with E-state index in [0.717, 1.165) is 24.3 Å². The van der Waals surface area contributed by atoms with Crippen molar-refractivity contribution in [3.63, 3.8) is 0 Å². The molecule has 0 bridgehead atoms. The summed E-state index contributed by atoms with van der Waals surface area (Å²) in [4.78, 5) is 16.6. The highest BCUT2D eigenvalue weighted by Crippen LogP contribution is 2.37. The molecule has 0 aliphatic rings. The van der Waals surface area contributed by atoms with Gasteiger partial charge in [0.2, 0.25) is 0 Å². The highest BCUT2D eigenvalue weighted by Gasteiger charge is 2.33. The van der Waals surface area contributed by atoms with Crippen LogP contribution < -0.4 is 5.32 Å². The van der Waals surface area contributed by atoms with E-state index < -0.39 is 29.3 Å². The molecular weight excluding hydrogens is 441 g/mol. The molecule has 0 atom stereocenters. The summed E-state index contributed by atoms with van der Waals surface area (Å²) in [7, 11) is 0. The fourth-order valence-corrected chi connectivity index (χ4v) is 3.46. The van der Waals surface area contributed by atoms with Crippen LogP contribution in [0, 0.1) is 11.6 Å². The van der Waals surface area contributed by atoms with Crippen LogP contribution in [0.25, 0.3) is 16.8 Å². The first-order chi connectivity index (χ1) is 15.7. The Morgan fingerprint density at radius 2 is 1.67 bits per heavy atom. The molecule has 33 heavy (non-hydrogen) atoms. The number of nitrogens with zero attached hydrogens (tertiary/aromatic N) is 2. The molecule has 0 saturated heterocycles. The third-order valence-electron chi connectivity index (χ3n) is 4.91. The number of hydrogen-bond acceptors (Lipinski definition) is 2. The van der Waals surface area contributed by atoms with Gasteiger partial charge in [-0.15, -0.1) is 0 Å². The van der Waals surface area contributed by atoms with Crippen molar-refractivity contribution in [1.29, 1.82) is 0 Å². The summed E-state index contributed by atoms with van der Waals surface area (Å²) in [5, 5.41) is 2.56. The van der Waals surface area contributed by atoms with E-state index in [1.165, 1.54) is 41.4 Å². The minimum atomic E-state index is -4.52. The van der Waals surface area contributed by atoms with Crippen LogP contribution in [-0.2, 0) is 12.7 Å². The number of amides is 1. The topological polar surface area (TPSA) is 46.9 Å². The highest BCUT2D eigenvalue weighted by atomic mass is 19.4. The van der Waals surface area contributed by atoms with E-state index in [-0.39, 0.29) is 23.4 Å².